The van der Waals surface area contributed by atoms with E-state index in [1.54, 1.807) is 29.5 Å². The predicted octanol–water partition coefficient (Wildman–Crippen LogP) is 4.83. The molecule has 0 atom stereocenters. The van der Waals surface area contributed by atoms with Gasteiger partial charge in [0.25, 0.3) is 5.91 Å². The minimum atomic E-state index is -0.183. The van der Waals surface area contributed by atoms with Crippen LogP contribution in [0.5, 0.6) is 0 Å². The number of amides is 1. The first kappa shape index (κ1) is 15.4. The first-order valence-corrected chi connectivity index (χ1v) is 9.28. The second-order valence-corrected chi connectivity index (χ2v) is 7.50. The second kappa shape index (κ2) is 5.57. The normalized spacial score (nSPS) is 12.8. The van der Waals surface area contributed by atoms with Crippen LogP contribution >= 0.6 is 11.3 Å². The Morgan fingerprint density at radius 1 is 1.23 bits per heavy atom. The van der Waals surface area contributed by atoms with Gasteiger partial charge >= 0.3 is 0 Å². The Bertz CT molecular complexity index is 1150. The van der Waals surface area contributed by atoms with Crippen LogP contribution in [0.4, 0.5) is 5.13 Å². The summed E-state index contributed by atoms with van der Waals surface area (Å²) in [7, 11) is 1.75. The van der Waals surface area contributed by atoms with Gasteiger partial charge in [0.1, 0.15) is 11.3 Å². The molecule has 4 aromatic rings. The van der Waals surface area contributed by atoms with Gasteiger partial charge < -0.3 is 8.83 Å². The standard InChI is InChI=1S/C20H16N2O3S/c1-11-12-5-3-4-6-15(12)25-18(11)19(23)22(2)20-21-17-13-9-10-24-14(13)7-8-16(17)26-20/h3-6,9-10H,7-8H2,1-2H3. The number of furan rings is 2. The molecule has 0 N–H and O–H groups in total. The van der Waals surface area contributed by atoms with Crippen molar-refractivity contribution >= 4 is 33.3 Å². The molecule has 0 aliphatic heterocycles. The van der Waals surface area contributed by atoms with E-state index in [4.69, 9.17) is 13.8 Å². The molecule has 6 heteroatoms. The molecule has 0 unspecified atom stereocenters. The van der Waals surface area contributed by atoms with E-state index < -0.39 is 0 Å². The smallest absolute Gasteiger partial charge is 0.295 e. The van der Waals surface area contributed by atoms with E-state index in [0.717, 1.165) is 46.4 Å². The maximum absolute atomic E-state index is 13.0. The first-order chi connectivity index (χ1) is 12.6. The van der Waals surface area contributed by atoms with Crippen molar-refractivity contribution in [1.29, 1.82) is 0 Å². The third-order valence-electron chi connectivity index (χ3n) is 4.90. The fourth-order valence-corrected chi connectivity index (χ4v) is 4.49. The van der Waals surface area contributed by atoms with Gasteiger partial charge in [0.05, 0.1) is 12.0 Å². The molecule has 0 bridgehead atoms. The molecule has 3 heterocycles. The monoisotopic (exact) mass is 364 g/mol. The number of benzene rings is 1. The third kappa shape index (κ3) is 2.15. The molecule has 5 rings (SSSR count). The van der Waals surface area contributed by atoms with E-state index in [2.05, 4.69) is 0 Å². The summed E-state index contributed by atoms with van der Waals surface area (Å²) in [6.07, 6.45) is 3.46. The zero-order valence-corrected chi connectivity index (χ0v) is 15.2. The Morgan fingerprint density at radius 2 is 2.08 bits per heavy atom. The minimum Gasteiger partial charge on any atom is -0.469 e. The van der Waals surface area contributed by atoms with Crippen LogP contribution in [-0.2, 0) is 12.8 Å². The molecule has 5 nitrogen and oxygen atoms in total. The lowest BCUT2D eigenvalue weighted by Crippen LogP contribution is -2.26. The number of anilines is 1. The molecule has 26 heavy (non-hydrogen) atoms. The highest BCUT2D eigenvalue weighted by Gasteiger charge is 2.28. The Labute approximate surface area is 153 Å². The molecule has 3 aromatic heterocycles. The summed E-state index contributed by atoms with van der Waals surface area (Å²) < 4.78 is 11.3. The summed E-state index contributed by atoms with van der Waals surface area (Å²) in [6, 6.07) is 9.64. The number of fused-ring (bicyclic) bond motifs is 4. The number of nitrogens with zero attached hydrogens (tertiary/aromatic N) is 2. The fraction of sp³-hybridized carbons (Fsp3) is 0.200. The van der Waals surface area contributed by atoms with Crippen molar-refractivity contribution in [3.05, 3.63) is 58.6 Å². The number of aryl methyl sites for hydroxylation is 3. The topological polar surface area (TPSA) is 59.5 Å². The van der Waals surface area contributed by atoms with Crippen LogP contribution in [0.2, 0.25) is 0 Å². The largest absolute Gasteiger partial charge is 0.469 e. The molecule has 1 aromatic carbocycles. The molecule has 1 amide bonds. The van der Waals surface area contributed by atoms with Gasteiger partial charge in [0.15, 0.2) is 10.9 Å². The van der Waals surface area contributed by atoms with Crippen molar-refractivity contribution in [2.24, 2.45) is 0 Å². The lowest BCUT2D eigenvalue weighted by Gasteiger charge is -2.12. The SMILES string of the molecule is Cc1c(C(=O)N(C)c2nc3c(s2)CCc2occc2-3)oc2ccccc12. The number of aromatic nitrogens is 1. The number of carbonyl (C=O) groups excluding carboxylic acids is 1. The van der Waals surface area contributed by atoms with E-state index in [1.165, 1.54) is 4.88 Å². The molecule has 0 saturated heterocycles. The molecule has 1 aliphatic carbocycles. The van der Waals surface area contributed by atoms with E-state index in [0.29, 0.717) is 10.9 Å². The zero-order chi connectivity index (χ0) is 17.8. The Balaban J connectivity index is 1.53. The highest BCUT2D eigenvalue weighted by Crippen LogP contribution is 2.40. The van der Waals surface area contributed by atoms with Gasteiger partial charge in [-0.1, -0.05) is 18.2 Å². The molecule has 0 saturated carbocycles. The highest BCUT2D eigenvalue weighted by molar-refractivity contribution is 7.16. The molecule has 0 radical (unpaired) electrons. The van der Waals surface area contributed by atoms with E-state index in [1.807, 2.05) is 37.3 Å². The third-order valence-corrected chi connectivity index (χ3v) is 6.09. The molecular weight excluding hydrogens is 348 g/mol. The van der Waals surface area contributed by atoms with Crippen LogP contribution < -0.4 is 4.90 Å². The van der Waals surface area contributed by atoms with Crippen LogP contribution in [0, 0.1) is 6.92 Å². The number of rotatable bonds is 2. The lowest BCUT2D eigenvalue weighted by molar-refractivity contribution is 0.0967. The van der Waals surface area contributed by atoms with E-state index in [-0.39, 0.29) is 5.91 Å². The second-order valence-electron chi connectivity index (χ2n) is 6.44. The van der Waals surface area contributed by atoms with Gasteiger partial charge in [-0.05, 0) is 25.5 Å². The van der Waals surface area contributed by atoms with Gasteiger partial charge in [0, 0.05) is 34.9 Å². The quantitative estimate of drug-likeness (QED) is 0.511. The number of thiazole rings is 1. The van der Waals surface area contributed by atoms with Gasteiger partial charge in [-0.15, -0.1) is 11.3 Å². The maximum Gasteiger partial charge on any atom is 0.295 e. The molecule has 1 aliphatic rings. The Kier molecular flexibility index (Phi) is 3.30. The van der Waals surface area contributed by atoms with Gasteiger partial charge in [-0.3, -0.25) is 9.69 Å². The van der Waals surface area contributed by atoms with Crippen LogP contribution in [-0.4, -0.2) is 17.9 Å². The summed E-state index contributed by atoms with van der Waals surface area (Å²) >= 11 is 1.56. The van der Waals surface area contributed by atoms with Crippen LogP contribution in [0.3, 0.4) is 0 Å². The number of hydrogen-bond acceptors (Lipinski definition) is 5. The highest BCUT2D eigenvalue weighted by atomic mass is 32.1. The number of carbonyl (C=O) groups is 1. The summed E-state index contributed by atoms with van der Waals surface area (Å²) in [5.41, 5.74) is 3.55. The molecule has 130 valence electrons. The van der Waals surface area contributed by atoms with Crippen LogP contribution in [0.25, 0.3) is 22.2 Å². The van der Waals surface area contributed by atoms with Crippen molar-refractivity contribution in [2.45, 2.75) is 19.8 Å². The predicted molar refractivity (Wildman–Crippen MR) is 101 cm³/mol. The average molecular weight is 364 g/mol. The number of hydrogen-bond donors (Lipinski definition) is 0. The van der Waals surface area contributed by atoms with Crippen molar-refractivity contribution in [1.82, 2.24) is 4.98 Å². The fourth-order valence-electron chi connectivity index (χ4n) is 3.45. The van der Waals surface area contributed by atoms with Crippen LogP contribution in [0.1, 0.15) is 26.8 Å². The summed E-state index contributed by atoms with van der Waals surface area (Å²) in [4.78, 5) is 20.5. The minimum absolute atomic E-state index is 0.183. The molecule has 0 fully saturated rings. The molecule has 0 spiro atoms. The maximum atomic E-state index is 13.0. The average Bonchev–Trinajstić information content (AvgIpc) is 3.36. The van der Waals surface area contributed by atoms with Crippen LogP contribution in [0.15, 0.2) is 45.4 Å². The first-order valence-electron chi connectivity index (χ1n) is 8.46. The zero-order valence-electron chi connectivity index (χ0n) is 14.4. The van der Waals surface area contributed by atoms with E-state index >= 15 is 0 Å². The summed E-state index contributed by atoms with van der Waals surface area (Å²) in [5, 5.41) is 1.64. The van der Waals surface area contributed by atoms with Gasteiger partial charge in [-0.2, -0.15) is 0 Å². The van der Waals surface area contributed by atoms with Crippen molar-refractivity contribution in [3.63, 3.8) is 0 Å². The van der Waals surface area contributed by atoms with Crippen molar-refractivity contribution in [2.75, 3.05) is 11.9 Å². The van der Waals surface area contributed by atoms with Crippen molar-refractivity contribution < 1.29 is 13.6 Å². The van der Waals surface area contributed by atoms with Gasteiger partial charge in [0.2, 0.25) is 0 Å². The molecular formula is C20H16N2O3S. The summed E-state index contributed by atoms with van der Waals surface area (Å²) in [6.45, 7) is 1.91. The number of para-hydroxylation sites is 1. The van der Waals surface area contributed by atoms with E-state index in [9.17, 15) is 4.79 Å². The summed E-state index contributed by atoms with van der Waals surface area (Å²) in [5.74, 6) is 1.15. The van der Waals surface area contributed by atoms with Gasteiger partial charge in [-0.25, -0.2) is 4.98 Å². The lowest BCUT2D eigenvalue weighted by atomic mass is 10.0. The van der Waals surface area contributed by atoms with Crippen molar-refractivity contribution in [3.8, 4) is 11.3 Å². The Hall–Kier alpha value is -2.86. The Morgan fingerprint density at radius 3 is 2.92 bits per heavy atom.